The van der Waals surface area contributed by atoms with Crippen LogP contribution in [0.5, 0.6) is 0 Å². The summed E-state index contributed by atoms with van der Waals surface area (Å²) in [5.41, 5.74) is 0. The second-order valence-corrected chi connectivity index (χ2v) is 16.5. The molecule has 0 saturated carbocycles. The van der Waals surface area contributed by atoms with Crippen molar-refractivity contribution in [1.82, 2.24) is 0 Å². The molecule has 0 radical (unpaired) electrons. The number of carbonyl (C=O) groups is 3. The Kier molecular flexibility index (Phi) is 46.5. The van der Waals surface area contributed by atoms with Gasteiger partial charge in [-0.15, -0.1) is 0 Å². The molecule has 0 N–H and O–H groups in total. The Hall–Kier alpha value is -3.41. The Morgan fingerprint density at radius 3 is 1.20 bits per heavy atom. The van der Waals surface area contributed by atoms with Crippen LogP contribution < -0.4 is 0 Å². The van der Waals surface area contributed by atoms with Gasteiger partial charge in [0.2, 0.25) is 0 Å². The summed E-state index contributed by atoms with van der Waals surface area (Å²) in [5.74, 6) is -0.990. The Morgan fingerprint density at radius 1 is 0.361 bits per heavy atom. The van der Waals surface area contributed by atoms with E-state index in [-0.39, 0.29) is 37.5 Å². The summed E-state index contributed by atoms with van der Waals surface area (Å²) in [6.45, 7) is 6.39. The van der Waals surface area contributed by atoms with Gasteiger partial charge in [-0.1, -0.05) is 228 Å². The zero-order chi connectivity index (χ0) is 44.4. The van der Waals surface area contributed by atoms with E-state index >= 15 is 0 Å². The lowest BCUT2D eigenvalue weighted by molar-refractivity contribution is -0.167. The van der Waals surface area contributed by atoms with Gasteiger partial charge in [0.05, 0.1) is 0 Å². The highest BCUT2D eigenvalue weighted by Gasteiger charge is 2.19. The Labute approximate surface area is 375 Å². The topological polar surface area (TPSA) is 78.9 Å². The molecular formula is C55H92O6. The predicted molar refractivity (Wildman–Crippen MR) is 261 cm³/mol. The number of ether oxygens (including phenoxy) is 3. The van der Waals surface area contributed by atoms with Gasteiger partial charge >= 0.3 is 17.9 Å². The van der Waals surface area contributed by atoms with Crippen LogP contribution >= 0.6 is 0 Å². The number of rotatable bonds is 44. The van der Waals surface area contributed by atoms with Crippen molar-refractivity contribution in [2.24, 2.45) is 0 Å². The molecule has 348 valence electrons. The summed E-state index contributed by atoms with van der Waals surface area (Å²) >= 11 is 0. The van der Waals surface area contributed by atoms with E-state index in [0.29, 0.717) is 19.3 Å². The minimum Gasteiger partial charge on any atom is -0.462 e. The van der Waals surface area contributed by atoms with Crippen LogP contribution in [0.2, 0.25) is 0 Å². The van der Waals surface area contributed by atoms with Gasteiger partial charge in [0.1, 0.15) is 13.2 Å². The van der Waals surface area contributed by atoms with Gasteiger partial charge in [-0.25, -0.2) is 0 Å². The largest absolute Gasteiger partial charge is 0.462 e. The maximum absolute atomic E-state index is 12.7. The Balaban J connectivity index is 4.47. The molecule has 0 heterocycles. The van der Waals surface area contributed by atoms with E-state index in [1.807, 2.05) is 54.7 Å². The maximum atomic E-state index is 12.7. The molecule has 0 amide bonds. The average molecular weight is 849 g/mol. The molecule has 0 fully saturated rings. The monoisotopic (exact) mass is 849 g/mol. The van der Waals surface area contributed by atoms with E-state index in [2.05, 4.69) is 51.2 Å². The van der Waals surface area contributed by atoms with Crippen LogP contribution in [0, 0.1) is 0 Å². The molecule has 0 bridgehead atoms. The highest BCUT2D eigenvalue weighted by Crippen LogP contribution is 2.14. The van der Waals surface area contributed by atoms with Crippen molar-refractivity contribution in [3.63, 3.8) is 0 Å². The molecule has 0 aliphatic carbocycles. The molecule has 0 aliphatic rings. The van der Waals surface area contributed by atoms with E-state index in [9.17, 15) is 14.4 Å². The van der Waals surface area contributed by atoms with Gasteiger partial charge in [-0.05, 0) is 64.2 Å². The summed E-state index contributed by atoms with van der Waals surface area (Å²) < 4.78 is 16.7. The molecule has 0 aromatic heterocycles. The molecule has 1 atom stereocenters. The van der Waals surface area contributed by atoms with Crippen molar-refractivity contribution < 1.29 is 28.6 Å². The van der Waals surface area contributed by atoms with Gasteiger partial charge in [-0.3, -0.25) is 14.4 Å². The summed E-state index contributed by atoms with van der Waals surface area (Å²) in [6.07, 6.45) is 62.8. The highest BCUT2D eigenvalue weighted by atomic mass is 16.6. The second kappa shape index (κ2) is 49.2. The van der Waals surface area contributed by atoms with E-state index < -0.39 is 6.10 Å². The molecule has 0 saturated heterocycles. The molecule has 61 heavy (non-hydrogen) atoms. The van der Waals surface area contributed by atoms with Crippen molar-refractivity contribution in [3.05, 3.63) is 85.1 Å². The van der Waals surface area contributed by atoms with Crippen LogP contribution in [0.3, 0.4) is 0 Å². The first-order valence-corrected chi connectivity index (χ1v) is 25.2. The fourth-order valence-corrected chi connectivity index (χ4v) is 6.74. The van der Waals surface area contributed by atoms with E-state index in [1.54, 1.807) is 0 Å². The molecular weight excluding hydrogens is 757 g/mol. The van der Waals surface area contributed by atoms with Gasteiger partial charge in [0.25, 0.3) is 0 Å². The molecule has 0 rings (SSSR count). The first-order chi connectivity index (χ1) is 30.0. The SMILES string of the molecule is CC/C=C/C=C/C=C/C=C/C=C/CCCC(=O)OC(COC(=O)CCCCCCCCC/C=C/C/C=C/CCCCC)COC(=O)CCCCCCCCCCCCCCC. The second-order valence-electron chi connectivity index (χ2n) is 16.5. The van der Waals surface area contributed by atoms with Crippen LogP contribution in [0.4, 0.5) is 0 Å². The fraction of sp³-hybridized carbons (Fsp3) is 0.691. The van der Waals surface area contributed by atoms with Crippen molar-refractivity contribution >= 4 is 17.9 Å². The number of allylic oxidation sites excluding steroid dienone is 14. The maximum Gasteiger partial charge on any atom is 0.306 e. The predicted octanol–water partition coefficient (Wildman–Crippen LogP) is 16.4. The number of unbranched alkanes of at least 4 members (excludes halogenated alkanes) is 23. The molecule has 6 heteroatoms. The lowest BCUT2D eigenvalue weighted by Crippen LogP contribution is -2.30. The lowest BCUT2D eigenvalue weighted by atomic mass is 10.0. The van der Waals surface area contributed by atoms with Crippen LogP contribution in [0.15, 0.2) is 85.1 Å². The first kappa shape index (κ1) is 57.6. The fourth-order valence-electron chi connectivity index (χ4n) is 6.74. The molecule has 0 aliphatic heterocycles. The first-order valence-electron chi connectivity index (χ1n) is 25.2. The third-order valence-electron chi connectivity index (χ3n) is 10.5. The third-order valence-corrected chi connectivity index (χ3v) is 10.5. The minimum absolute atomic E-state index is 0.107. The molecule has 0 spiro atoms. The zero-order valence-electron chi connectivity index (χ0n) is 39.7. The molecule has 0 aromatic rings. The van der Waals surface area contributed by atoms with Crippen molar-refractivity contribution in [1.29, 1.82) is 0 Å². The highest BCUT2D eigenvalue weighted by molar-refractivity contribution is 5.71. The summed E-state index contributed by atoms with van der Waals surface area (Å²) in [4.78, 5) is 37.9. The number of carbonyl (C=O) groups excluding carboxylic acids is 3. The van der Waals surface area contributed by atoms with Gasteiger partial charge < -0.3 is 14.2 Å². The van der Waals surface area contributed by atoms with Crippen LogP contribution in [-0.2, 0) is 28.6 Å². The van der Waals surface area contributed by atoms with Crippen molar-refractivity contribution in [2.45, 2.75) is 232 Å². The van der Waals surface area contributed by atoms with Crippen molar-refractivity contribution in [3.8, 4) is 0 Å². The van der Waals surface area contributed by atoms with Crippen LogP contribution in [0.1, 0.15) is 226 Å². The standard InChI is InChI=1S/C55H92O6/c1-4-7-10-13-16-19-22-25-26-27-28-31-33-36-39-42-45-48-54(57)60-51-52(61-55(58)49-46-43-40-37-34-30-24-21-18-15-12-9-6-3)50-59-53(56)47-44-41-38-35-32-29-23-20-17-14-11-8-5-2/h9,12,15-16,18-19,21,24-26,30,34,37,40,52H,4-8,10-11,13-14,17,20,22-23,27-29,31-33,35-36,38-39,41-51H2,1-3H3/b12-9+,18-15+,19-16+,24-21+,26-25+,34-30+,40-37+. The summed E-state index contributed by atoms with van der Waals surface area (Å²) in [7, 11) is 0. The van der Waals surface area contributed by atoms with E-state index in [1.165, 1.54) is 116 Å². The van der Waals surface area contributed by atoms with E-state index in [0.717, 1.165) is 64.2 Å². The van der Waals surface area contributed by atoms with Gasteiger partial charge in [0.15, 0.2) is 6.10 Å². The van der Waals surface area contributed by atoms with Crippen molar-refractivity contribution in [2.75, 3.05) is 13.2 Å². The number of hydrogen-bond donors (Lipinski definition) is 0. The zero-order valence-corrected chi connectivity index (χ0v) is 39.7. The normalized spacial score (nSPS) is 12.8. The summed E-state index contributed by atoms with van der Waals surface area (Å²) in [6, 6.07) is 0. The summed E-state index contributed by atoms with van der Waals surface area (Å²) in [5, 5.41) is 0. The molecule has 6 nitrogen and oxygen atoms in total. The lowest BCUT2D eigenvalue weighted by Gasteiger charge is -2.18. The molecule has 0 aromatic carbocycles. The Bertz CT molecular complexity index is 1200. The quantitative estimate of drug-likeness (QED) is 0.0200. The minimum atomic E-state index is -0.814. The number of esters is 3. The van der Waals surface area contributed by atoms with Crippen LogP contribution in [-0.4, -0.2) is 37.2 Å². The van der Waals surface area contributed by atoms with Gasteiger partial charge in [0, 0.05) is 19.3 Å². The van der Waals surface area contributed by atoms with Crippen LogP contribution in [0.25, 0.3) is 0 Å². The van der Waals surface area contributed by atoms with Gasteiger partial charge in [-0.2, -0.15) is 0 Å². The smallest absolute Gasteiger partial charge is 0.306 e. The number of hydrogen-bond acceptors (Lipinski definition) is 6. The average Bonchev–Trinajstić information content (AvgIpc) is 3.26. The Morgan fingerprint density at radius 2 is 0.721 bits per heavy atom. The third kappa shape index (κ3) is 47.5. The molecule has 1 unspecified atom stereocenters. The van der Waals surface area contributed by atoms with E-state index in [4.69, 9.17) is 14.2 Å².